The summed E-state index contributed by atoms with van der Waals surface area (Å²) in [6, 6.07) is 3.08. The van der Waals surface area contributed by atoms with Crippen molar-refractivity contribution in [1.82, 2.24) is 4.98 Å². The van der Waals surface area contributed by atoms with Crippen molar-refractivity contribution in [2.75, 3.05) is 18.0 Å². The van der Waals surface area contributed by atoms with Crippen molar-refractivity contribution in [2.45, 2.75) is 26.4 Å². The Bertz CT molecular complexity index is 481. The van der Waals surface area contributed by atoms with Crippen LogP contribution >= 0.6 is 0 Å². The summed E-state index contributed by atoms with van der Waals surface area (Å²) < 4.78 is 0. The Hall–Kier alpha value is -1.69. The first-order chi connectivity index (χ1) is 8.33. The second-order valence-electron chi connectivity index (χ2n) is 5.17. The van der Waals surface area contributed by atoms with E-state index in [2.05, 4.69) is 4.98 Å². The number of pyridine rings is 1. The molecular formula is C12H17N3O3. The molecule has 2 rings (SSSR count). The van der Waals surface area contributed by atoms with E-state index in [0.29, 0.717) is 18.9 Å². The molecule has 1 aliphatic heterocycles. The number of aryl methyl sites for hydroxylation is 1. The topological polar surface area (TPSA) is 79.5 Å². The van der Waals surface area contributed by atoms with E-state index < -0.39 is 10.5 Å². The molecule has 0 unspecified atom stereocenters. The van der Waals surface area contributed by atoms with Gasteiger partial charge >= 0.3 is 5.69 Å². The summed E-state index contributed by atoms with van der Waals surface area (Å²) >= 11 is 0. The van der Waals surface area contributed by atoms with Gasteiger partial charge in [0.15, 0.2) is 0 Å². The molecule has 2 heterocycles. The van der Waals surface area contributed by atoms with E-state index in [1.54, 1.807) is 17.9 Å². The molecule has 0 amide bonds. The van der Waals surface area contributed by atoms with Crippen molar-refractivity contribution in [3.63, 3.8) is 0 Å². The van der Waals surface area contributed by atoms with Crippen LogP contribution in [0.5, 0.6) is 0 Å². The van der Waals surface area contributed by atoms with Crippen LogP contribution < -0.4 is 4.90 Å². The lowest BCUT2D eigenvalue weighted by molar-refractivity contribution is -0.384. The second-order valence-corrected chi connectivity index (χ2v) is 5.17. The molecule has 1 N–H and O–H groups in total. The average molecular weight is 251 g/mol. The van der Waals surface area contributed by atoms with Gasteiger partial charge in [0.05, 0.1) is 18.0 Å². The Kier molecular flexibility index (Phi) is 2.98. The number of β-amino-alcohol motifs (C(OH)–C–C–N with tert-alkyl or cyclic N) is 1. The number of aliphatic hydroxyl groups is 1. The zero-order valence-electron chi connectivity index (χ0n) is 10.8. The summed E-state index contributed by atoms with van der Waals surface area (Å²) in [7, 11) is 0. The molecule has 1 aromatic rings. The van der Waals surface area contributed by atoms with Crippen LogP contribution in [0.1, 0.15) is 19.5 Å². The van der Waals surface area contributed by atoms with Gasteiger partial charge in [-0.15, -0.1) is 0 Å². The monoisotopic (exact) mass is 251 g/mol. The Morgan fingerprint density at radius 2 is 2.11 bits per heavy atom. The Balaban J connectivity index is 2.26. The van der Waals surface area contributed by atoms with Crippen LogP contribution in [-0.4, -0.2) is 33.7 Å². The van der Waals surface area contributed by atoms with Crippen LogP contribution in [0, 0.1) is 23.0 Å². The molecule has 0 spiro atoms. The summed E-state index contributed by atoms with van der Waals surface area (Å²) in [5, 5.41) is 21.1. The molecule has 0 bridgehead atoms. The van der Waals surface area contributed by atoms with Crippen molar-refractivity contribution >= 4 is 11.5 Å². The first-order valence-electron chi connectivity index (χ1n) is 5.93. The summed E-state index contributed by atoms with van der Waals surface area (Å²) in [6.07, 6.45) is 0. The highest BCUT2D eigenvalue weighted by Gasteiger charge is 2.46. The van der Waals surface area contributed by atoms with Gasteiger partial charge in [-0.3, -0.25) is 10.1 Å². The number of aromatic nitrogens is 1. The molecule has 0 aromatic carbocycles. The SMILES string of the molecule is Cc1ccc([N+](=O)[O-])c(N2CC(O)(C(C)C)C2)n1. The van der Waals surface area contributed by atoms with E-state index >= 15 is 0 Å². The van der Waals surface area contributed by atoms with Crippen LogP contribution in [0.4, 0.5) is 11.5 Å². The third kappa shape index (κ3) is 2.03. The maximum atomic E-state index is 10.9. The van der Waals surface area contributed by atoms with Gasteiger partial charge in [0.25, 0.3) is 0 Å². The molecule has 1 aliphatic rings. The molecule has 0 radical (unpaired) electrons. The van der Waals surface area contributed by atoms with Gasteiger partial charge in [0.1, 0.15) is 5.60 Å². The zero-order chi connectivity index (χ0) is 13.5. The average Bonchev–Trinajstić information content (AvgIpc) is 2.23. The fourth-order valence-corrected chi connectivity index (χ4v) is 2.04. The summed E-state index contributed by atoms with van der Waals surface area (Å²) in [5.74, 6) is 0.475. The molecule has 0 saturated carbocycles. The molecule has 0 atom stereocenters. The molecular weight excluding hydrogens is 234 g/mol. The molecule has 6 nitrogen and oxygen atoms in total. The lowest BCUT2D eigenvalue weighted by Gasteiger charge is -2.49. The number of hydrogen-bond acceptors (Lipinski definition) is 5. The van der Waals surface area contributed by atoms with Gasteiger partial charge in [-0.05, 0) is 18.9 Å². The van der Waals surface area contributed by atoms with E-state index in [1.807, 2.05) is 13.8 Å². The minimum absolute atomic E-state index is 0.00796. The van der Waals surface area contributed by atoms with E-state index in [0.717, 1.165) is 5.69 Å². The maximum absolute atomic E-state index is 10.9. The molecule has 6 heteroatoms. The Labute approximate surface area is 105 Å². The molecule has 0 aliphatic carbocycles. The van der Waals surface area contributed by atoms with Crippen molar-refractivity contribution in [3.8, 4) is 0 Å². The van der Waals surface area contributed by atoms with Crippen molar-refractivity contribution in [2.24, 2.45) is 5.92 Å². The third-order valence-corrected chi connectivity index (χ3v) is 3.49. The van der Waals surface area contributed by atoms with Gasteiger partial charge in [0, 0.05) is 11.8 Å². The van der Waals surface area contributed by atoms with Gasteiger partial charge < -0.3 is 10.0 Å². The van der Waals surface area contributed by atoms with Gasteiger partial charge in [0.2, 0.25) is 5.82 Å². The van der Waals surface area contributed by atoms with Gasteiger partial charge in [-0.25, -0.2) is 4.98 Å². The quantitative estimate of drug-likeness (QED) is 0.650. The lowest BCUT2D eigenvalue weighted by Crippen LogP contribution is -2.65. The van der Waals surface area contributed by atoms with E-state index in [9.17, 15) is 15.2 Å². The lowest BCUT2D eigenvalue weighted by atomic mass is 9.83. The highest BCUT2D eigenvalue weighted by Crippen LogP contribution is 2.36. The van der Waals surface area contributed by atoms with E-state index in [1.165, 1.54) is 6.07 Å². The van der Waals surface area contributed by atoms with Crippen LogP contribution in [0.15, 0.2) is 12.1 Å². The molecule has 18 heavy (non-hydrogen) atoms. The summed E-state index contributed by atoms with van der Waals surface area (Å²) in [6.45, 7) is 6.45. The van der Waals surface area contributed by atoms with Crippen LogP contribution in [-0.2, 0) is 0 Å². The first kappa shape index (κ1) is 12.8. The molecule has 98 valence electrons. The molecule has 1 aromatic heterocycles. The first-order valence-corrected chi connectivity index (χ1v) is 5.93. The Morgan fingerprint density at radius 1 is 1.50 bits per heavy atom. The number of nitrogens with zero attached hydrogens (tertiary/aromatic N) is 3. The van der Waals surface area contributed by atoms with Crippen molar-refractivity contribution in [1.29, 1.82) is 0 Å². The maximum Gasteiger partial charge on any atom is 0.311 e. The molecule has 1 saturated heterocycles. The number of nitro groups is 1. The minimum atomic E-state index is -0.765. The fourth-order valence-electron chi connectivity index (χ4n) is 2.04. The van der Waals surface area contributed by atoms with Gasteiger partial charge in [-0.1, -0.05) is 13.8 Å². The van der Waals surface area contributed by atoms with E-state index in [-0.39, 0.29) is 11.6 Å². The number of rotatable bonds is 3. The standard InChI is InChI=1S/C12H17N3O3/c1-8(2)12(16)6-14(7-12)11-10(15(17)18)5-4-9(3)13-11/h4-5,8,16H,6-7H2,1-3H3. The van der Waals surface area contributed by atoms with Crippen LogP contribution in [0.25, 0.3) is 0 Å². The van der Waals surface area contributed by atoms with Crippen LogP contribution in [0.3, 0.4) is 0 Å². The smallest absolute Gasteiger partial charge is 0.311 e. The molecule has 1 fully saturated rings. The zero-order valence-corrected chi connectivity index (χ0v) is 10.8. The number of hydrogen-bond donors (Lipinski definition) is 1. The van der Waals surface area contributed by atoms with Crippen LogP contribution in [0.2, 0.25) is 0 Å². The highest BCUT2D eigenvalue weighted by atomic mass is 16.6. The largest absolute Gasteiger partial charge is 0.386 e. The van der Waals surface area contributed by atoms with Crippen molar-refractivity contribution < 1.29 is 10.0 Å². The second kappa shape index (κ2) is 4.20. The Morgan fingerprint density at radius 3 is 2.61 bits per heavy atom. The third-order valence-electron chi connectivity index (χ3n) is 3.49. The summed E-state index contributed by atoms with van der Waals surface area (Å²) in [4.78, 5) is 16.5. The highest BCUT2D eigenvalue weighted by molar-refractivity contribution is 5.60. The van der Waals surface area contributed by atoms with Gasteiger partial charge in [-0.2, -0.15) is 0 Å². The predicted molar refractivity (Wildman–Crippen MR) is 67.6 cm³/mol. The minimum Gasteiger partial charge on any atom is -0.386 e. The predicted octanol–water partition coefficient (Wildman–Crippen LogP) is 1.51. The fraction of sp³-hybridized carbons (Fsp3) is 0.583. The van der Waals surface area contributed by atoms with Crippen molar-refractivity contribution in [3.05, 3.63) is 27.9 Å². The summed E-state index contributed by atoms with van der Waals surface area (Å²) in [5.41, 5.74) is -0.0405. The van der Waals surface area contributed by atoms with E-state index in [4.69, 9.17) is 0 Å². The normalized spacial score (nSPS) is 17.7. The number of anilines is 1.